The van der Waals surface area contributed by atoms with Crippen LogP contribution < -0.4 is 21.3 Å². The van der Waals surface area contributed by atoms with E-state index in [0.717, 1.165) is 24.2 Å². The van der Waals surface area contributed by atoms with Gasteiger partial charge in [0.1, 0.15) is 5.82 Å². The zero-order valence-electron chi connectivity index (χ0n) is 15.0. The Kier molecular flexibility index (Phi) is 4.91. The summed E-state index contributed by atoms with van der Waals surface area (Å²) in [6, 6.07) is 11.3. The number of hydrogen-bond donors (Lipinski definition) is 4. The maximum absolute atomic E-state index is 12.2. The lowest BCUT2D eigenvalue weighted by Crippen LogP contribution is -2.29. The highest BCUT2D eigenvalue weighted by Gasteiger charge is 2.24. The third-order valence-corrected chi connectivity index (χ3v) is 4.50. The van der Waals surface area contributed by atoms with E-state index < -0.39 is 0 Å². The van der Waals surface area contributed by atoms with Crippen molar-refractivity contribution in [2.45, 2.75) is 44.3 Å². The van der Waals surface area contributed by atoms with Gasteiger partial charge in [-0.15, -0.1) is 0 Å². The molecular formula is C20H23N5O2. The summed E-state index contributed by atoms with van der Waals surface area (Å²) < 4.78 is 0. The Hall–Kier alpha value is -3.09. The summed E-state index contributed by atoms with van der Waals surface area (Å²) in [6.45, 7) is 0.398. The van der Waals surface area contributed by atoms with Crippen molar-refractivity contribution in [1.29, 1.82) is 0 Å². The molecule has 0 unspecified atom stereocenters. The van der Waals surface area contributed by atoms with Crippen LogP contribution in [0.15, 0.2) is 42.6 Å². The lowest BCUT2D eigenvalue weighted by molar-refractivity contribution is 0.0951. The fourth-order valence-electron chi connectivity index (χ4n) is 2.69. The molecule has 2 aliphatic carbocycles. The quantitative estimate of drug-likeness (QED) is 0.607. The molecule has 7 heteroatoms. The number of pyridine rings is 1. The standard InChI is InChI=1S/C20H23N5O2/c26-19(24-16-6-7-16)14-2-1-3-17(11-14)25-20(27)22-12-13-8-9-21-18(10-13)23-15-4-5-15/h1-3,8-11,15-16H,4-7,12H2,(H,21,23)(H,24,26)(H2,22,25,27). The van der Waals surface area contributed by atoms with Gasteiger partial charge in [-0.2, -0.15) is 0 Å². The third-order valence-electron chi connectivity index (χ3n) is 4.50. The summed E-state index contributed by atoms with van der Waals surface area (Å²) in [6.07, 6.45) is 6.19. The number of rotatable bonds is 7. The molecule has 0 aliphatic heterocycles. The van der Waals surface area contributed by atoms with Crippen LogP contribution in [0.4, 0.5) is 16.3 Å². The zero-order chi connectivity index (χ0) is 18.6. The second-order valence-electron chi connectivity index (χ2n) is 7.10. The van der Waals surface area contributed by atoms with Crippen LogP contribution in [0, 0.1) is 0 Å². The predicted octanol–water partition coefficient (Wildman–Crippen LogP) is 2.87. The van der Waals surface area contributed by atoms with Crippen LogP contribution in [-0.2, 0) is 6.54 Å². The van der Waals surface area contributed by atoms with Gasteiger partial charge < -0.3 is 21.3 Å². The summed E-state index contributed by atoms with van der Waals surface area (Å²) >= 11 is 0. The van der Waals surface area contributed by atoms with Crippen LogP contribution in [-0.4, -0.2) is 29.0 Å². The number of nitrogens with one attached hydrogen (secondary N) is 4. The minimum absolute atomic E-state index is 0.103. The Morgan fingerprint density at radius 3 is 2.63 bits per heavy atom. The first-order valence-corrected chi connectivity index (χ1v) is 9.33. The number of benzene rings is 1. The van der Waals surface area contributed by atoms with E-state index in [1.165, 1.54) is 12.8 Å². The molecule has 27 heavy (non-hydrogen) atoms. The Balaban J connectivity index is 1.29. The van der Waals surface area contributed by atoms with Gasteiger partial charge in [0.2, 0.25) is 0 Å². The fraction of sp³-hybridized carbons (Fsp3) is 0.350. The van der Waals surface area contributed by atoms with E-state index >= 15 is 0 Å². The lowest BCUT2D eigenvalue weighted by Gasteiger charge is -2.10. The van der Waals surface area contributed by atoms with Crippen LogP contribution in [0.1, 0.15) is 41.6 Å². The Morgan fingerprint density at radius 1 is 1.04 bits per heavy atom. The molecule has 140 valence electrons. The zero-order valence-corrected chi connectivity index (χ0v) is 15.0. The van der Waals surface area contributed by atoms with Crippen LogP contribution in [0.25, 0.3) is 0 Å². The van der Waals surface area contributed by atoms with Crippen molar-refractivity contribution in [3.63, 3.8) is 0 Å². The van der Waals surface area contributed by atoms with Crippen molar-refractivity contribution >= 4 is 23.4 Å². The van der Waals surface area contributed by atoms with Crippen LogP contribution in [0.2, 0.25) is 0 Å². The molecule has 2 saturated carbocycles. The van der Waals surface area contributed by atoms with E-state index in [0.29, 0.717) is 29.9 Å². The molecular weight excluding hydrogens is 342 g/mol. The highest BCUT2D eigenvalue weighted by Crippen LogP contribution is 2.24. The maximum atomic E-state index is 12.2. The minimum Gasteiger partial charge on any atom is -0.367 e. The van der Waals surface area contributed by atoms with E-state index in [2.05, 4.69) is 26.3 Å². The van der Waals surface area contributed by atoms with Crippen molar-refractivity contribution < 1.29 is 9.59 Å². The predicted molar refractivity (Wildman–Crippen MR) is 104 cm³/mol. The molecule has 2 fully saturated rings. The molecule has 4 N–H and O–H groups in total. The number of urea groups is 1. The number of aromatic nitrogens is 1. The van der Waals surface area contributed by atoms with E-state index in [-0.39, 0.29) is 11.9 Å². The van der Waals surface area contributed by atoms with Crippen molar-refractivity contribution in [3.8, 4) is 0 Å². The summed E-state index contributed by atoms with van der Waals surface area (Å²) in [5.74, 6) is 0.737. The monoisotopic (exact) mass is 365 g/mol. The first-order valence-electron chi connectivity index (χ1n) is 9.33. The molecule has 0 radical (unpaired) electrons. The molecule has 1 heterocycles. The summed E-state index contributed by atoms with van der Waals surface area (Å²) in [5.41, 5.74) is 2.10. The summed E-state index contributed by atoms with van der Waals surface area (Å²) in [4.78, 5) is 28.6. The topological polar surface area (TPSA) is 95.2 Å². The van der Waals surface area contributed by atoms with Gasteiger partial charge in [-0.05, 0) is 61.6 Å². The van der Waals surface area contributed by atoms with Gasteiger partial charge in [0.15, 0.2) is 0 Å². The largest absolute Gasteiger partial charge is 0.367 e. The van der Waals surface area contributed by atoms with Gasteiger partial charge in [0, 0.05) is 36.1 Å². The molecule has 4 rings (SSSR count). The van der Waals surface area contributed by atoms with Gasteiger partial charge in [0.25, 0.3) is 5.91 Å². The molecule has 0 atom stereocenters. The van der Waals surface area contributed by atoms with Gasteiger partial charge in [-0.3, -0.25) is 4.79 Å². The fourth-order valence-corrected chi connectivity index (χ4v) is 2.69. The minimum atomic E-state index is -0.316. The van der Waals surface area contributed by atoms with Crippen LogP contribution in [0.3, 0.4) is 0 Å². The van der Waals surface area contributed by atoms with E-state index in [4.69, 9.17) is 0 Å². The number of anilines is 2. The third kappa shape index (κ3) is 5.20. The van der Waals surface area contributed by atoms with Crippen molar-refractivity contribution in [3.05, 3.63) is 53.7 Å². The van der Waals surface area contributed by atoms with Crippen molar-refractivity contribution in [2.75, 3.05) is 10.6 Å². The van der Waals surface area contributed by atoms with Crippen molar-refractivity contribution in [2.24, 2.45) is 0 Å². The van der Waals surface area contributed by atoms with Crippen LogP contribution in [0.5, 0.6) is 0 Å². The molecule has 2 aromatic rings. The second kappa shape index (κ2) is 7.65. The first kappa shape index (κ1) is 17.3. The number of carbonyl (C=O) groups excluding carboxylic acids is 2. The average molecular weight is 365 g/mol. The number of carbonyl (C=O) groups is 2. The molecule has 3 amide bonds. The van der Waals surface area contributed by atoms with Gasteiger partial charge in [0.05, 0.1) is 0 Å². The maximum Gasteiger partial charge on any atom is 0.319 e. The molecule has 1 aromatic heterocycles. The first-order chi connectivity index (χ1) is 13.2. The highest BCUT2D eigenvalue weighted by molar-refractivity contribution is 5.97. The number of amides is 3. The highest BCUT2D eigenvalue weighted by atomic mass is 16.2. The Morgan fingerprint density at radius 2 is 1.85 bits per heavy atom. The van der Waals surface area contributed by atoms with E-state index in [1.807, 2.05) is 12.1 Å². The summed E-state index contributed by atoms with van der Waals surface area (Å²) in [7, 11) is 0. The summed E-state index contributed by atoms with van der Waals surface area (Å²) in [5, 5.41) is 11.9. The molecule has 0 spiro atoms. The molecule has 1 aromatic carbocycles. The van der Waals surface area contributed by atoms with E-state index in [1.54, 1.807) is 30.5 Å². The smallest absolute Gasteiger partial charge is 0.319 e. The molecule has 7 nitrogen and oxygen atoms in total. The number of hydrogen-bond acceptors (Lipinski definition) is 4. The van der Waals surface area contributed by atoms with Gasteiger partial charge in [-0.1, -0.05) is 6.07 Å². The Labute approximate surface area is 158 Å². The average Bonchev–Trinajstić information content (AvgIpc) is 3.58. The van der Waals surface area contributed by atoms with Crippen molar-refractivity contribution in [1.82, 2.24) is 15.6 Å². The lowest BCUT2D eigenvalue weighted by atomic mass is 10.2. The normalized spacial score (nSPS) is 15.7. The SMILES string of the molecule is O=C(NCc1ccnc(NC2CC2)c1)Nc1cccc(C(=O)NC2CC2)c1. The molecule has 0 saturated heterocycles. The van der Waals surface area contributed by atoms with Gasteiger partial charge >= 0.3 is 6.03 Å². The van der Waals surface area contributed by atoms with E-state index in [9.17, 15) is 9.59 Å². The second-order valence-corrected chi connectivity index (χ2v) is 7.10. The van der Waals surface area contributed by atoms with Gasteiger partial charge in [-0.25, -0.2) is 9.78 Å². The number of nitrogens with zero attached hydrogens (tertiary/aromatic N) is 1. The van der Waals surface area contributed by atoms with Crippen LogP contribution >= 0.6 is 0 Å². The molecule has 2 aliphatic rings. The Bertz CT molecular complexity index is 846. The molecule has 0 bridgehead atoms.